The Morgan fingerprint density at radius 2 is 1.64 bits per heavy atom. The Bertz CT molecular complexity index is 821. The number of carboxylic acid groups (broad SMARTS) is 1. The number of nitrogens with one attached hydrogen (secondary N) is 1. The molecular weight excluding hydrogens is 382 g/mol. The smallest absolute Gasteiger partial charge is 0.321 e. The van der Waals surface area contributed by atoms with Gasteiger partial charge in [-0.25, -0.2) is 8.42 Å². The number of sulfonamides is 1. The highest BCUT2D eigenvalue weighted by Crippen LogP contribution is 2.23. The van der Waals surface area contributed by atoms with Crippen molar-refractivity contribution in [2.75, 3.05) is 12.0 Å². The van der Waals surface area contributed by atoms with Gasteiger partial charge in [-0.1, -0.05) is 35.9 Å². The fraction of sp³-hybridized carbons (Fsp3) is 0.235. The Labute approximate surface area is 156 Å². The van der Waals surface area contributed by atoms with Crippen molar-refractivity contribution in [3.8, 4) is 11.1 Å². The molecule has 134 valence electrons. The summed E-state index contributed by atoms with van der Waals surface area (Å²) in [6.45, 7) is 0. The minimum absolute atomic E-state index is 0.0283. The van der Waals surface area contributed by atoms with Crippen LogP contribution in [-0.4, -0.2) is 37.5 Å². The van der Waals surface area contributed by atoms with Crippen LogP contribution < -0.4 is 4.72 Å². The lowest BCUT2D eigenvalue weighted by Gasteiger charge is -2.14. The number of aliphatic carboxylic acids is 1. The van der Waals surface area contributed by atoms with Crippen LogP contribution in [0.5, 0.6) is 0 Å². The second kappa shape index (κ2) is 8.71. The molecular formula is C17H18ClNO4S2. The highest BCUT2D eigenvalue weighted by molar-refractivity contribution is 7.98. The van der Waals surface area contributed by atoms with Gasteiger partial charge in [-0.05, 0) is 53.8 Å². The lowest BCUT2D eigenvalue weighted by Crippen LogP contribution is -2.41. The van der Waals surface area contributed by atoms with E-state index in [2.05, 4.69) is 4.72 Å². The first kappa shape index (κ1) is 19.8. The predicted octanol–water partition coefficient (Wildman–Crippen LogP) is 3.49. The van der Waals surface area contributed by atoms with Crippen molar-refractivity contribution in [1.29, 1.82) is 0 Å². The first-order chi connectivity index (χ1) is 11.8. The molecule has 0 amide bonds. The van der Waals surface area contributed by atoms with Crippen molar-refractivity contribution >= 4 is 39.4 Å². The molecule has 0 spiro atoms. The highest BCUT2D eigenvalue weighted by atomic mass is 35.5. The van der Waals surface area contributed by atoms with Gasteiger partial charge < -0.3 is 5.11 Å². The molecule has 2 N–H and O–H groups in total. The number of carboxylic acids is 1. The first-order valence-corrected chi connectivity index (χ1v) is 10.7. The van der Waals surface area contributed by atoms with E-state index in [9.17, 15) is 18.3 Å². The molecule has 0 saturated carbocycles. The summed E-state index contributed by atoms with van der Waals surface area (Å²) < 4.78 is 27.1. The molecule has 0 aliphatic heterocycles. The standard InChI is InChI=1S/C17H18ClNO4S2/c1-24-11-10-16(17(20)21)19-25(22,23)15-8-4-13(5-9-15)12-2-6-14(18)7-3-12/h2-9,16,19H,10-11H2,1H3,(H,20,21). The summed E-state index contributed by atoms with van der Waals surface area (Å²) in [6, 6.07) is 12.3. The second-order valence-electron chi connectivity index (χ2n) is 5.32. The van der Waals surface area contributed by atoms with Crippen molar-refractivity contribution in [2.45, 2.75) is 17.4 Å². The van der Waals surface area contributed by atoms with Crippen LogP contribution in [0.15, 0.2) is 53.4 Å². The Morgan fingerprint density at radius 1 is 1.12 bits per heavy atom. The molecule has 1 atom stereocenters. The van der Waals surface area contributed by atoms with E-state index in [0.29, 0.717) is 10.8 Å². The van der Waals surface area contributed by atoms with E-state index >= 15 is 0 Å². The maximum Gasteiger partial charge on any atom is 0.321 e. The van der Waals surface area contributed by atoms with E-state index in [1.54, 1.807) is 24.3 Å². The van der Waals surface area contributed by atoms with E-state index in [4.69, 9.17) is 11.6 Å². The van der Waals surface area contributed by atoms with E-state index in [-0.39, 0.29) is 11.3 Å². The number of halogens is 1. The minimum atomic E-state index is -3.90. The number of rotatable bonds is 8. The topological polar surface area (TPSA) is 83.5 Å². The highest BCUT2D eigenvalue weighted by Gasteiger charge is 2.24. The van der Waals surface area contributed by atoms with Gasteiger partial charge >= 0.3 is 5.97 Å². The summed E-state index contributed by atoms with van der Waals surface area (Å²) in [4.78, 5) is 11.3. The fourth-order valence-corrected chi connectivity index (χ4v) is 4.01. The molecule has 5 nitrogen and oxygen atoms in total. The molecule has 0 fully saturated rings. The van der Waals surface area contributed by atoms with Crippen LogP contribution >= 0.6 is 23.4 Å². The zero-order valence-corrected chi connectivity index (χ0v) is 15.9. The van der Waals surface area contributed by atoms with Crippen LogP contribution in [0.1, 0.15) is 6.42 Å². The SMILES string of the molecule is CSCCC(NS(=O)(=O)c1ccc(-c2ccc(Cl)cc2)cc1)C(=O)O. The van der Waals surface area contributed by atoms with Crippen LogP contribution in [0.25, 0.3) is 11.1 Å². The second-order valence-corrected chi connectivity index (χ2v) is 8.46. The van der Waals surface area contributed by atoms with Crippen LogP contribution in [0.4, 0.5) is 0 Å². The molecule has 0 saturated heterocycles. The summed E-state index contributed by atoms with van der Waals surface area (Å²) in [7, 11) is -3.90. The Balaban J connectivity index is 2.19. The minimum Gasteiger partial charge on any atom is -0.480 e. The number of benzene rings is 2. The number of hydrogen-bond donors (Lipinski definition) is 2. The molecule has 2 rings (SSSR count). The lowest BCUT2D eigenvalue weighted by atomic mass is 10.1. The van der Waals surface area contributed by atoms with Crippen molar-refractivity contribution in [2.24, 2.45) is 0 Å². The van der Waals surface area contributed by atoms with Crippen LogP contribution in [0, 0.1) is 0 Å². The van der Waals surface area contributed by atoms with E-state index in [1.165, 1.54) is 23.9 Å². The molecule has 1 unspecified atom stereocenters. The average Bonchev–Trinajstić information content (AvgIpc) is 2.59. The van der Waals surface area contributed by atoms with Gasteiger partial charge in [0, 0.05) is 5.02 Å². The quantitative estimate of drug-likeness (QED) is 0.709. The van der Waals surface area contributed by atoms with Gasteiger partial charge in [0.1, 0.15) is 6.04 Å². The molecule has 2 aromatic rings. The van der Waals surface area contributed by atoms with E-state index in [1.807, 2.05) is 18.4 Å². The normalized spacial score (nSPS) is 12.7. The van der Waals surface area contributed by atoms with Crippen LogP contribution in [0.3, 0.4) is 0 Å². The Kier molecular flexibility index (Phi) is 6.89. The third-order valence-corrected chi connectivity index (χ3v) is 5.93. The first-order valence-electron chi connectivity index (χ1n) is 7.43. The summed E-state index contributed by atoms with van der Waals surface area (Å²) in [5, 5.41) is 9.80. The molecule has 25 heavy (non-hydrogen) atoms. The maximum absolute atomic E-state index is 12.4. The third kappa shape index (κ3) is 5.47. The van der Waals surface area contributed by atoms with Gasteiger partial charge in [-0.15, -0.1) is 0 Å². The zero-order chi connectivity index (χ0) is 18.4. The number of thioether (sulfide) groups is 1. The maximum atomic E-state index is 12.4. The predicted molar refractivity (Wildman–Crippen MR) is 102 cm³/mol. The lowest BCUT2D eigenvalue weighted by molar-refractivity contribution is -0.139. The molecule has 0 aromatic heterocycles. The Morgan fingerprint density at radius 3 is 2.12 bits per heavy atom. The summed E-state index contributed by atoms with van der Waals surface area (Å²) in [6.07, 6.45) is 2.06. The van der Waals surface area contributed by atoms with Crippen LogP contribution in [-0.2, 0) is 14.8 Å². The summed E-state index contributed by atoms with van der Waals surface area (Å²) >= 11 is 7.32. The zero-order valence-electron chi connectivity index (χ0n) is 13.5. The van der Waals surface area contributed by atoms with Gasteiger partial charge in [0.2, 0.25) is 10.0 Å². The van der Waals surface area contributed by atoms with Gasteiger partial charge in [-0.3, -0.25) is 4.79 Å². The molecule has 0 aliphatic carbocycles. The molecule has 0 bridgehead atoms. The fourth-order valence-electron chi connectivity index (χ4n) is 2.19. The van der Waals surface area contributed by atoms with E-state index in [0.717, 1.165) is 11.1 Å². The summed E-state index contributed by atoms with van der Waals surface area (Å²) in [5.41, 5.74) is 1.75. The summed E-state index contributed by atoms with van der Waals surface area (Å²) in [5.74, 6) is -0.634. The van der Waals surface area contributed by atoms with Gasteiger partial charge in [-0.2, -0.15) is 16.5 Å². The molecule has 2 aromatic carbocycles. The third-order valence-electron chi connectivity index (χ3n) is 3.55. The van der Waals surface area contributed by atoms with Crippen molar-refractivity contribution in [1.82, 2.24) is 4.72 Å². The van der Waals surface area contributed by atoms with E-state index < -0.39 is 22.0 Å². The molecule has 0 aliphatic rings. The van der Waals surface area contributed by atoms with Crippen LogP contribution in [0.2, 0.25) is 5.02 Å². The van der Waals surface area contributed by atoms with Crippen molar-refractivity contribution < 1.29 is 18.3 Å². The molecule has 0 heterocycles. The van der Waals surface area contributed by atoms with Gasteiger partial charge in [0.15, 0.2) is 0 Å². The van der Waals surface area contributed by atoms with Crippen molar-refractivity contribution in [3.05, 3.63) is 53.6 Å². The molecule has 8 heteroatoms. The number of carbonyl (C=O) groups is 1. The van der Waals surface area contributed by atoms with Gasteiger partial charge in [0.25, 0.3) is 0 Å². The van der Waals surface area contributed by atoms with Gasteiger partial charge in [0.05, 0.1) is 4.90 Å². The van der Waals surface area contributed by atoms with Crippen molar-refractivity contribution in [3.63, 3.8) is 0 Å². The molecule has 0 radical (unpaired) electrons. The Hall–Kier alpha value is -1.54. The average molecular weight is 400 g/mol. The monoisotopic (exact) mass is 399 g/mol. The number of hydrogen-bond acceptors (Lipinski definition) is 4. The largest absolute Gasteiger partial charge is 0.480 e.